The normalized spacial score (nSPS) is 19.2. The van der Waals surface area contributed by atoms with Gasteiger partial charge in [-0.15, -0.1) is 11.8 Å². The molecule has 1 heterocycles. The molecule has 0 amide bonds. The van der Waals surface area contributed by atoms with Crippen LogP contribution in [-0.4, -0.2) is 25.0 Å². The van der Waals surface area contributed by atoms with Crippen molar-refractivity contribution in [3.8, 4) is 0 Å². The first-order valence-electron chi connectivity index (χ1n) is 7.67. The van der Waals surface area contributed by atoms with Crippen molar-refractivity contribution in [2.24, 2.45) is 0 Å². The van der Waals surface area contributed by atoms with E-state index in [0.717, 1.165) is 22.4 Å². The maximum absolute atomic E-state index is 13.1. The van der Waals surface area contributed by atoms with Crippen LogP contribution in [0.4, 0.5) is 0 Å². The van der Waals surface area contributed by atoms with Crippen LogP contribution in [0.15, 0.2) is 47.4 Å². The van der Waals surface area contributed by atoms with Gasteiger partial charge in [-0.05, 0) is 38.0 Å². The van der Waals surface area contributed by atoms with Gasteiger partial charge in [0.15, 0.2) is 0 Å². The molecule has 0 bridgehead atoms. The molecule has 23 heavy (non-hydrogen) atoms. The van der Waals surface area contributed by atoms with E-state index in [1.807, 2.05) is 57.2 Å². The highest BCUT2D eigenvalue weighted by atomic mass is 32.2. The van der Waals surface area contributed by atoms with Crippen LogP contribution in [0.5, 0.6) is 0 Å². The van der Waals surface area contributed by atoms with Crippen molar-refractivity contribution in [3.05, 3.63) is 64.7 Å². The first-order valence-corrected chi connectivity index (χ1v) is 10.2. The summed E-state index contributed by atoms with van der Waals surface area (Å²) in [4.78, 5) is 0.419. The minimum absolute atomic E-state index is 0.138. The fourth-order valence-electron chi connectivity index (χ4n) is 2.91. The van der Waals surface area contributed by atoms with Gasteiger partial charge in [-0.3, -0.25) is 0 Å². The fraction of sp³-hybridized carbons (Fsp3) is 0.333. The van der Waals surface area contributed by atoms with E-state index in [-0.39, 0.29) is 5.37 Å². The van der Waals surface area contributed by atoms with Crippen LogP contribution in [0.3, 0.4) is 0 Å². The van der Waals surface area contributed by atoms with Crippen LogP contribution in [0.2, 0.25) is 0 Å². The van der Waals surface area contributed by atoms with Crippen molar-refractivity contribution in [2.45, 2.75) is 31.0 Å². The number of hydrogen-bond donors (Lipinski definition) is 0. The van der Waals surface area contributed by atoms with Gasteiger partial charge in [-0.25, -0.2) is 8.42 Å². The predicted molar refractivity (Wildman–Crippen MR) is 96.2 cm³/mol. The summed E-state index contributed by atoms with van der Waals surface area (Å²) in [6, 6.07) is 13.7. The van der Waals surface area contributed by atoms with Gasteiger partial charge in [0.05, 0.1) is 10.3 Å². The molecule has 0 spiro atoms. The monoisotopic (exact) mass is 347 g/mol. The summed E-state index contributed by atoms with van der Waals surface area (Å²) in [5, 5.41) is -0.138. The predicted octanol–water partition coefficient (Wildman–Crippen LogP) is 4.05. The summed E-state index contributed by atoms with van der Waals surface area (Å²) < 4.78 is 27.9. The Hall–Kier alpha value is -1.30. The molecule has 1 atom stereocenters. The lowest BCUT2D eigenvalue weighted by Gasteiger charge is -2.24. The first kappa shape index (κ1) is 16.6. The molecule has 0 radical (unpaired) electrons. The van der Waals surface area contributed by atoms with Gasteiger partial charge in [0.1, 0.15) is 0 Å². The van der Waals surface area contributed by atoms with E-state index in [4.69, 9.17) is 0 Å². The molecule has 0 unspecified atom stereocenters. The van der Waals surface area contributed by atoms with E-state index >= 15 is 0 Å². The summed E-state index contributed by atoms with van der Waals surface area (Å²) in [5.41, 5.74) is 4.11. The summed E-state index contributed by atoms with van der Waals surface area (Å²) >= 11 is 1.69. The second-order valence-electron chi connectivity index (χ2n) is 6.02. The number of thioether (sulfide) groups is 1. The number of rotatable bonds is 3. The van der Waals surface area contributed by atoms with Gasteiger partial charge in [-0.1, -0.05) is 47.5 Å². The number of aryl methyl sites for hydroxylation is 3. The highest BCUT2D eigenvalue weighted by Gasteiger charge is 2.37. The van der Waals surface area contributed by atoms with Crippen molar-refractivity contribution in [1.29, 1.82) is 0 Å². The van der Waals surface area contributed by atoms with Crippen molar-refractivity contribution in [1.82, 2.24) is 4.31 Å². The molecular weight excluding hydrogens is 326 g/mol. The number of sulfonamides is 1. The van der Waals surface area contributed by atoms with Gasteiger partial charge < -0.3 is 0 Å². The quantitative estimate of drug-likeness (QED) is 0.841. The average molecular weight is 348 g/mol. The molecule has 1 aliphatic heterocycles. The topological polar surface area (TPSA) is 37.4 Å². The molecule has 2 aromatic rings. The summed E-state index contributed by atoms with van der Waals surface area (Å²) in [7, 11) is -3.48. The smallest absolute Gasteiger partial charge is 0.207 e. The van der Waals surface area contributed by atoms with Crippen LogP contribution < -0.4 is 0 Å². The number of benzene rings is 2. The van der Waals surface area contributed by atoms with E-state index in [0.29, 0.717) is 11.4 Å². The molecule has 1 fully saturated rings. The minimum atomic E-state index is -3.48. The van der Waals surface area contributed by atoms with Crippen molar-refractivity contribution in [3.63, 3.8) is 0 Å². The molecular formula is C18H21NO2S2. The van der Waals surface area contributed by atoms with Crippen LogP contribution >= 0.6 is 11.8 Å². The van der Waals surface area contributed by atoms with Crippen LogP contribution in [0, 0.1) is 20.8 Å². The second kappa shape index (κ2) is 6.30. The molecule has 1 saturated heterocycles. The summed E-state index contributed by atoms with van der Waals surface area (Å²) in [6.45, 7) is 6.43. The standard InChI is InChI=1S/C18H21NO2S2/c1-13-4-7-16(8-5-13)18-19(10-11-22-18)23(20,21)17-9-6-14(2)12-15(17)3/h4-9,12,18H,10-11H2,1-3H3/t18-/m0/s1. The lowest BCUT2D eigenvalue weighted by molar-refractivity contribution is 0.434. The Bertz CT molecular complexity index is 813. The Morgan fingerprint density at radius 3 is 2.30 bits per heavy atom. The summed E-state index contributed by atoms with van der Waals surface area (Å²) in [6.07, 6.45) is 0. The highest BCUT2D eigenvalue weighted by Crippen LogP contribution is 2.41. The van der Waals surface area contributed by atoms with Gasteiger partial charge in [0.25, 0.3) is 0 Å². The molecule has 3 nitrogen and oxygen atoms in total. The van der Waals surface area contributed by atoms with Crippen molar-refractivity contribution < 1.29 is 8.42 Å². The highest BCUT2D eigenvalue weighted by molar-refractivity contribution is 8.01. The van der Waals surface area contributed by atoms with E-state index in [9.17, 15) is 8.42 Å². The Morgan fingerprint density at radius 1 is 1.00 bits per heavy atom. The number of nitrogens with zero attached hydrogens (tertiary/aromatic N) is 1. The summed E-state index contributed by atoms with van der Waals surface area (Å²) in [5.74, 6) is 0.822. The van der Waals surface area contributed by atoms with Crippen LogP contribution in [0.25, 0.3) is 0 Å². The van der Waals surface area contributed by atoms with E-state index in [1.165, 1.54) is 5.56 Å². The van der Waals surface area contributed by atoms with Crippen molar-refractivity contribution >= 4 is 21.8 Å². The van der Waals surface area contributed by atoms with E-state index < -0.39 is 10.0 Å². The lowest BCUT2D eigenvalue weighted by atomic mass is 10.1. The Kier molecular flexibility index (Phi) is 4.54. The Labute approximate surface area is 142 Å². The van der Waals surface area contributed by atoms with Gasteiger partial charge in [0.2, 0.25) is 10.0 Å². The SMILES string of the molecule is Cc1ccc([C@@H]2SCCN2S(=O)(=O)c2ccc(C)cc2C)cc1. The lowest BCUT2D eigenvalue weighted by Crippen LogP contribution is -2.31. The molecule has 0 aliphatic carbocycles. The maximum Gasteiger partial charge on any atom is 0.244 e. The molecule has 3 rings (SSSR count). The third kappa shape index (κ3) is 3.18. The largest absolute Gasteiger partial charge is 0.244 e. The van der Waals surface area contributed by atoms with Gasteiger partial charge in [0, 0.05) is 12.3 Å². The first-order chi connectivity index (χ1) is 10.9. The zero-order valence-electron chi connectivity index (χ0n) is 13.6. The molecule has 2 aromatic carbocycles. The second-order valence-corrected chi connectivity index (χ2v) is 9.07. The maximum atomic E-state index is 13.1. The minimum Gasteiger partial charge on any atom is -0.207 e. The average Bonchev–Trinajstić information content (AvgIpc) is 2.98. The molecule has 0 aromatic heterocycles. The number of hydrogen-bond acceptors (Lipinski definition) is 3. The van der Waals surface area contributed by atoms with Crippen LogP contribution in [0.1, 0.15) is 27.6 Å². The fourth-order valence-corrected chi connectivity index (χ4v) is 6.36. The third-order valence-corrected chi connectivity index (χ3v) is 7.55. The Morgan fingerprint density at radius 2 is 1.65 bits per heavy atom. The van der Waals surface area contributed by atoms with Gasteiger partial charge in [-0.2, -0.15) is 4.31 Å². The van der Waals surface area contributed by atoms with Crippen molar-refractivity contribution in [2.75, 3.05) is 12.3 Å². The molecule has 0 N–H and O–H groups in total. The van der Waals surface area contributed by atoms with E-state index in [2.05, 4.69) is 0 Å². The van der Waals surface area contributed by atoms with Crippen LogP contribution in [-0.2, 0) is 10.0 Å². The zero-order valence-corrected chi connectivity index (χ0v) is 15.2. The Balaban J connectivity index is 1.99. The van der Waals surface area contributed by atoms with Gasteiger partial charge >= 0.3 is 0 Å². The molecule has 5 heteroatoms. The van der Waals surface area contributed by atoms with E-state index in [1.54, 1.807) is 22.1 Å². The molecule has 0 saturated carbocycles. The molecule has 1 aliphatic rings. The molecule has 122 valence electrons. The third-order valence-electron chi connectivity index (χ3n) is 4.13. The zero-order chi connectivity index (χ0) is 16.6.